The maximum absolute atomic E-state index is 12.8. The number of piperidine rings is 1. The van der Waals surface area contributed by atoms with Crippen molar-refractivity contribution in [3.63, 3.8) is 0 Å². The minimum Gasteiger partial charge on any atom is -0.358 e. The molecule has 1 aliphatic rings. The first-order valence-electron chi connectivity index (χ1n) is 8.56. The van der Waals surface area contributed by atoms with Gasteiger partial charge in [-0.1, -0.05) is 30.3 Å². The molecule has 0 unspecified atom stereocenters. The highest BCUT2D eigenvalue weighted by Crippen LogP contribution is 2.22. The lowest BCUT2D eigenvalue weighted by atomic mass is 9.95. The molecule has 0 spiro atoms. The first-order chi connectivity index (χ1) is 12.0. The summed E-state index contributed by atoms with van der Waals surface area (Å²) in [5.41, 5.74) is 1.22. The minimum atomic E-state index is -0.535. The van der Waals surface area contributed by atoms with E-state index in [0.29, 0.717) is 5.82 Å². The minimum absolute atomic E-state index is 0.00368. The zero-order valence-electron chi connectivity index (χ0n) is 14.3. The van der Waals surface area contributed by atoms with E-state index in [9.17, 15) is 14.9 Å². The van der Waals surface area contributed by atoms with Gasteiger partial charge in [-0.3, -0.25) is 9.36 Å². The summed E-state index contributed by atoms with van der Waals surface area (Å²) in [4.78, 5) is 28.9. The molecule has 1 aromatic heterocycles. The summed E-state index contributed by atoms with van der Waals surface area (Å²) < 4.78 is 1.56. The van der Waals surface area contributed by atoms with Gasteiger partial charge >= 0.3 is 5.82 Å². The van der Waals surface area contributed by atoms with Gasteiger partial charge in [0.05, 0.1) is 0 Å². The summed E-state index contributed by atoms with van der Waals surface area (Å²) in [7, 11) is 0. The predicted octanol–water partition coefficient (Wildman–Crippen LogP) is 2.72. The summed E-state index contributed by atoms with van der Waals surface area (Å²) in [5, 5.41) is 10.8. The Morgan fingerprint density at radius 2 is 2.08 bits per heavy atom. The summed E-state index contributed by atoms with van der Waals surface area (Å²) in [6.45, 7) is 2.52. The number of hydrogen-bond acceptors (Lipinski definition) is 4. The molecule has 0 bridgehead atoms. The van der Waals surface area contributed by atoms with Crippen LogP contribution in [0, 0.1) is 17.0 Å². The fourth-order valence-electron chi connectivity index (χ4n) is 3.40. The topological polar surface area (TPSA) is 81.3 Å². The number of carbonyl (C=O) groups excluding carboxylic acids is 1. The number of likely N-dealkylation sites (tertiary alicyclic amines) is 1. The van der Waals surface area contributed by atoms with Gasteiger partial charge in [0, 0.05) is 19.5 Å². The Hall–Kier alpha value is -2.70. The van der Waals surface area contributed by atoms with E-state index >= 15 is 0 Å². The summed E-state index contributed by atoms with van der Waals surface area (Å²) in [6, 6.07) is 10.4. The maximum atomic E-state index is 12.8. The number of aryl methyl sites for hydroxylation is 1. The van der Waals surface area contributed by atoms with Crippen LogP contribution in [0.5, 0.6) is 0 Å². The SMILES string of the molecule is Cc1nc([N+](=O)[O-])cn1CC(=O)N1CCCC[C@@H]1Cc1ccccc1. The van der Waals surface area contributed by atoms with Gasteiger partial charge in [0.1, 0.15) is 12.7 Å². The van der Waals surface area contributed by atoms with Crippen molar-refractivity contribution < 1.29 is 9.72 Å². The van der Waals surface area contributed by atoms with Crippen LogP contribution in [0.2, 0.25) is 0 Å². The van der Waals surface area contributed by atoms with E-state index in [-0.39, 0.29) is 24.3 Å². The Balaban J connectivity index is 1.71. The van der Waals surface area contributed by atoms with Gasteiger partial charge in [-0.25, -0.2) is 0 Å². The molecule has 0 aliphatic carbocycles. The fourth-order valence-corrected chi connectivity index (χ4v) is 3.40. The van der Waals surface area contributed by atoms with Crippen LogP contribution in [0.3, 0.4) is 0 Å². The number of aromatic nitrogens is 2. The second-order valence-electron chi connectivity index (χ2n) is 6.46. The molecule has 25 heavy (non-hydrogen) atoms. The van der Waals surface area contributed by atoms with E-state index in [2.05, 4.69) is 17.1 Å². The van der Waals surface area contributed by atoms with Gasteiger partial charge in [0.2, 0.25) is 11.7 Å². The number of nitrogens with zero attached hydrogens (tertiary/aromatic N) is 4. The van der Waals surface area contributed by atoms with Crippen LogP contribution < -0.4 is 0 Å². The average molecular weight is 342 g/mol. The van der Waals surface area contributed by atoms with E-state index in [1.54, 1.807) is 11.5 Å². The Kier molecular flexibility index (Phi) is 5.11. The number of benzene rings is 1. The number of hydrogen-bond donors (Lipinski definition) is 0. The highest BCUT2D eigenvalue weighted by Gasteiger charge is 2.28. The van der Waals surface area contributed by atoms with Crippen molar-refractivity contribution in [2.45, 2.75) is 45.2 Å². The monoisotopic (exact) mass is 342 g/mol. The first kappa shape index (κ1) is 17.1. The molecule has 1 atom stereocenters. The molecule has 1 amide bonds. The number of nitro groups is 1. The van der Waals surface area contributed by atoms with Gasteiger partial charge < -0.3 is 15.0 Å². The number of imidazole rings is 1. The van der Waals surface area contributed by atoms with Crippen LogP contribution in [-0.2, 0) is 17.8 Å². The quantitative estimate of drug-likeness (QED) is 0.618. The summed E-state index contributed by atoms with van der Waals surface area (Å²) >= 11 is 0. The molecule has 3 rings (SSSR count). The van der Waals surface area contributed by atoms with Gasteiger partial charge in [-0.15, -0.1) is 0 Å². The van der Waals surface area contributed by atoms with Gasteiger partial charge in [0.15, 0.2) is 0 Å². The third kappa shape index (κ3) is 4.04. The number of carbonyl (C=O) groups is 1. The average Bonchev–Trinajstić information content (AvgIpc) is 2.97. The third-order valence-corrected chi connectivity index (χ3v) is 4.72. The molecule has 0 N–H and O–H groups in total. The van der Waals surface area contributed by atoms with Gasteiger partial charge in [-0.2, -0.15) is 0 Å². The lowest BCUT2D eigenvalue weighted by molar-refractivity contribution is -0.389. The van der Waals surface area contributed by atoms with Crippen LogP contribution in [0.1, 0.15) is 30.7 Å². The van der Waals surface area contributed by atoms with Crippen LogP contribution in [0.4, 0.5) is 5.82 Å². The molecular formula is C18H22N4O3. The normalized spacial score (nSPS) is 17.5. The Labute approximate surface area is 146 Å². The smallest absolute Gasteiger partial charge is 0.358 e. The van der Waals surface area contributed by atoms with Crippen LogP contribution in [-0.4, -0.2) is 37.9 Å². The van der Waals surface area contributed by atoms with E-state index in [4.69, 9.17) is 0 Å². The Morgan fingerprint density at radius 1 is 1.32 bits per heavy atom. The standard InChI is InChI=1S/C18H22N4O3/c1-14-19-17(22(24)25)12-20(14)13-18(23)21-10-6-5-9-16(21)11-15-7-3-2-4-8-15/h2-4,7-8,12,16H,5-6,9-11,13H2,1H3/t16-/m1/s1. The molecule has 1 aliphatic heterocycles. The third-order valence-electron chi connectivity index (χ3n) is 4.72. The molecule has 0 radical (unpaired) electrons. The van der Waals surface area contributed by atoms with Gasteiger partial charge in [-0.05, 0) is 41.2 Å². The predicted molar refractivity (Wildman–Crippen MR) is 93.1 cm³/mol. The van der Waals surface area contributed by atoms with Crippen molar-refractivity contribution in [2.75, 3.05) is 6.54 Å². The highest BCUT2D eigenvalue weighted by molar-refractivity contribution is 5.76. The molecule has 0 saturated carbocycles. The van der Waals surface area contributed by atoms with Crippen molar-refractivity contribution in [1.82, 2.24) is 14.5 Å². The molecule has 1 saturated heterocycles. The highest BCUT2D eigenvalue weighted by atomic mass is 16.6. The van der Waals surface area contributed by atoms with Crippen LogP contribution in [0.25, 0.3) is 0 Å². The molecule has 2 heterocycles. The van der Waals surface area contributed by atoms with E-state index in [1.807, 2.05) is 23.1 Å². The van der Waals surface area contributed by atoms with E-state index in [0.717, 1.165) is 32.2 Å². The molecule has 1 aromatic carbocycles. The van der Waals surface area contributed by atoms with Crippen LogP contribution in [0.15, 0.2) is 36.5 Å². The lowest BCUT2D eigenvalue weighted by Gasteiger charge is -2.36. The zero-order chi connectivity index (χ0) is 17.8. The summed E-state index contributed by atoms with van der Waals surface area (Å²) in [6.07, 6.45) is 5.29. The molecule has 1 fully saturated rings. The van der Waals surface area contributed by atoms with Gasteiger partial charge in [0.25, 0.3) is 0 Å². The zero-order valence-corrected chi connectivity index (χ0v) is 14.3. The number of amides is 1. The maximum Gasteiger partial charge on any atom is 0.381 e. The molecule has 132 valence electrons. The molecular weight excluding hydrogens is 320 g/mol. The Bertz CT molecular complexity index is 757. The Morgan fingerprint density at radius 3 is 2.76 bits per heavy atom. The fraction of sp³-hybridized carbons (Fsp3) is 0.444. The van der Waals surface area contributed by atoms with Crippen LogP contribution >= 0.6 is 0 Å². The second-order valence-corrected chi connectivity index (χ2v) is 6.46. The largest absolute Gasteiger partial charge is 0.381 e. The van der Waals surface area contributed by atoms with Crippen molar-refractivity contribution >= 4 is 11.7 Å². The number of rotatable bonds is 5. The van der Waals surface area contributed by atoms with Crippen molar-refractivity contribution in [1.29, 1.82) is 0 Å². The van der Waals surface area contributed by atoms with E-state index < -0.39 is 4.92 Å². The van der Waals surface area contributed by atoms with Crippen molar-refractivity contribution in [3.05, 3.63) is 58.0 Å². The summed E-state index contributed by atoms with van der Waals surface area (Å²) in [5.74, 6) is 0.262. The van der Waals surface area contributed by atoms with Crippen molar-refractivity contribution in [2.24, 2.45) is 0 Å². The molecule has 2 aromatic rings. The van der Waals surface area contributed by atoms with E-state index in [1.165, 1.54) is 11.8 Å². The first-order valence-corrected chi connectivity index (χ1v) is 8.56. The molecule has 7 nitrogen and oxygen atoms in total. The second kappa shape index (κ2) is 7.46. The lowest BCUT2D eigenvalue weighted by Crippen LogP contribution is -2.46. The molecule has 7 heteroatoms. The van der Waals surface area contributed by atoms with Crippen molar-refractivity contribution in [3.8, 4) is 0 Å².